The summed E-state index contributed by atoms with van der Waals surface area (Å²) in [6, 6.07) is 14.3. The number of nitrogens with zero attached hydrogens (tertiary/aromatic N) is 3. The van der Waals surface area contributed by atoms with Gasteiger partial charge in [-0.1, -0.05) is 54.1 Å². The molecular weight excluding hydrogens is 651 g/mol. The highest BCUT2D eigenvalue weighted by atomic mass is 35.5. The predicted molar refractivity (Wildman–Crippen MR) is 170 cm³/mol. The van der Waals surface area contributed by atoms with E-state index in [1.807, 2.05) is 36.4 Å². The summed E-state index contributed by atoms with van der Waals surface area (Å²) >= 11 is 6.46. The van der Waals surface area contributed by atoms with Crippen LogP contribution in [0.4, 0.5) is 22.8 Å². The number of amides is 3. The second kappa shape index (κ2) is 13.8. The Bertz CT molecular complexity index is 1770. The van der Waals surface area contributed by atoms with Crippen molar-refractivity contribution in [1.29, 1.82) is 0 Å². The normalized spacial score (nSPS) is 18.9. The Balaban J connectivity index is 1.29. The molecule has 0 unspecified atom stereocenters. The van der Waals surface area contributed by atoms with Crippen LogP contribution in [0.1, 0.15) is 42.4 Å². The Labute approximate surface area is 279 Å². The molecule has 3 amide bonds. The summed E-state index contributed by atoms with van der Waals surface area (Å²) in [7, 11) is 0. The van der Waals surface area contributed by atoms with E-state index in [4.69, 9.17) is 16.3 Å². The summed E-state index contributed by atoms with van der Waals surface area (Å²) in [5, 5.41) is 20.6. The van der Waals surface area contributed by atoms with Crippen LogP contribution >= 0.6 is 11.6 Å². The number of ether oxygens (including phenoxy) is 1. The molecule has 2 heterocycles. The van der Waals surface area contributed by atoms with E-state index in [9.17, 15) is 37.8 Å². The first-order chi connectivity index (χ1) is 23.0. The number of hydrogen-bond acceptors (Lipinski definition) is 4. The standard InChI is InChI=1S/C35H33ClF3N3O6/c36-26-6-2-1-5-22(26)17-41(23-11-12-23)33(43)30-25(16-24-18-40(34(44)45)19-29(30)42(24)35(46)47)21-9-7-20(8-10-21)4-3-15-48-32-28(38)14-13-27(37)31(32)39/h1-2,5-10,13-14,23-24,29H,3-4,11-12,15-19H2,(H,44,45)(H,46,47)/t24-,29-/m1/s1. The Hall–Kier alpha value is -4.71. The van der Waals surface area contributed by atoms with Gasteiger partial charge in [-0.15, -0.1) is 0 Å². The lowest BCUT2D eigenvalue weighted by molar-refractivity contribution is -0.129. The number of benzene rings is 3. The number of piperazine rings is 1. The van der Waals surface area contributed by atoms with Crippen LogP contribution in [0.3, 0.4) is 0 Å². The molecule has 2 bridgehead atoms. The average Bonchev–Trinajstić information content (AvgIpc) is 3.90. The van der Waals surface area contributed by atoms with Crippen molar-refractivity contribution in [2.45, 2.75) is 56.8 Å². The molecule has 48 heavy (non-hydrogen) atoms. The van der Waals surface area contributed by atoms with E-state index < -0.39 is 47.5 Å². The molecule has 6 rings (SSSR count). The first-order valence-corrected chi connectivity index (χ1v) is 16.0. The van der Waals surface area contributed by atoms with Crippen molar-refractivity contribution in [3.8, 4) is 5.75 Å². The van der Waals surface area contributed by atoms with Gasteiger partial charge in [-0.3, -0.25) is 9.69 Å². The van der Waals surface area contributed by atoms with Crippen LogP contribution in [0.2, 0.25) is 5.02 Å². The van der Waals surface area contributed by atoms with Crippen molar-refractivity contribution < 1.29 is 42.5 Å². The summed E-state index contributed by atoms with van der Waals surface area (Å²) in [6.07, 6.45) is 0.150. The fourth-order valence-electron chi connectivity index (χ4n) is 6.58. The molecule has 2 fully saturated rings. The number of carbonyl (C=O) groups excluding carboxylic acids is 1. The van der Waals surface area contributed by atoms with E-state index in [1.54, 1.807) is 17.0 Å². The summed E-state index contributed by atoms with van der Waals surface area (Å²) in [4.78, 5) is 43.3. The number of aryl methyl sites for hydroxylation is 1. The minimum atomic E-state index is -1.38. The SMILES string of the molecule is O=C(O)N1C[C@H]2CC(c3ccc(CCCOc4c(F)ccc(F)c4F)cc3)=C(C(=O)N(Cc3ccccc3Cl)C3CC3)[C@@H](C1)N2C(=O)O. The molecular formula is C35H33ClF3N3O6. The molecule has 13 heteroatoms. The van der Waals surface area contributed by atoms with Gasteiger partial charge in [0.1, 0.15) is 0 Å². The monoisotopic (exact) mass is 683 g/mol. The molecule has 1 saturated carbocycles. The summed E-state index contributed by atoms with van der Waals surface area (Å²) in [6.45, 7) is -0.0481. The van der Waals surface area contributed by atoms with Crippen LogP contribution in [-0.2, 0) is 17.8 Å². The molecule has 1 saturated heterocycles. The van der Waals surface area contributed by atoms with Crippen molar-refractivity contribution in [2.24, 2.45) is 0 Å². The number of hydrogen-bond donors (Lipinski definition) is 2. The smallest absolute Gasteiger partial charge is 0.408 e. The highest BCUT2D eigenvalue weighted by Gasteiger charge is 2.49. The number of rotatable bonds is 10. The van der Waals surface area contributed by atoms with Gasteiger partial charge in [0.2, 0.25) is 5.82 Å². The van der Waals surface area contributed by atoms with Crippen molar-refractivity contribution in [3.05, 3.63) is 105 Å². The predicted octanol–water partition coefficient (Wildman–Crippen LogP) is 6.83. The van der Waals surface area contributed by atoms with E-state index >= 15 is 0 Å². The Morgan fingerprint density at radius 3 is 2.29 bits per heavy atom. The van der Waals surface area contributed by atoms with Crippen molar-refractivity contribution >= 4 is 35.3 Å². The molecule has 1 aliphatic carbocycles. The van der Waals surface area contributed by atoms with Crippen molar-refractivity contribution in [3.63, 3.8) is 0 Å². The van der Waals surface area contributed by atoms with Gasteiger partial charge >= 0.3 is 12.2 Å². The van der Waals surface area contributed by atoms with Crippen LogP contribution < -0.4 is 4.74 Å². The average molecular weight is 684 g/mol. The number of fused-ring (bicyclic) bond motifs is 2. The first-order valence-electron chi connectivity index (χ1n) is 15.7. The molecule has 2 atom stereocenters. The van der Waals surface area contributed by atoms with Crippen LogP contribution in [-0.4, -0.2) is 80.8 Å². The highest BCUT2D eigenvalue weighted by Crippen LogP contribution is 2.41. The minimum Gasteiger partial charge on any atom is -0.488 e. The Kier molecular flexibility index (Phi) is 9.54. The summed E-state index contributed by atoms with van der Waals surface area (Å²) < 4.78 is 46.5. The Morgan fingerprint density at radius 2 is 1.62 bits per heavy atom. The number of carboxylic acid groups (broad SMARTS) is 2. The third-order valence-electron chi connectivity index (χ3n) is 9.08. The second-order valence-corrected chi connectivity index (χ2v) is 12.6. The van der Waals surface area contributed by atoms with Gasteiger partial charge in [0, 0.05) is 36.3 Å². The number of halogens is 4. The van der Waals surface area contributed by atoms with Gasteiger partial charge in [0.05, 0.1) is 18.7 Å². The number of carbonyl (C=O) groups is 3. The van der Waals surface area contributed by atoms with Crippen molar-refractivity contribution in [1.82, 2.24) is 14.7 Å². The summed E-state index contributed by atoms with van der Waals surface area (Å²) in [5.74, 6) is -4.69. The van der Waals surface area contributed by atoms with E-state index in [0.717, 1.165) is 30.0 Å². The van der Waals surface area contributed by atoms with Crippen LogP contribution in [0.15, 0.2) is 66.2 Å². The molecule has 3 aromatic carbocycles. The molecule has 2 aliphatic heterocycles. The van der Waals surface area contributed by atoms with Gasteiger partial charge in [0.15, 0.2) is 17.4 Å². The minimum absolute atomic E-state index is 0.0281. The van der Waals surface area contributed by atoms with Crippen LogP contribution in [0.25, 0.3) is 5.57 Å². The maximum Gasteiger partial charge on any atom is 0.408 e. The maximum absolute atomic E-state index is 14.6. The third kappa shape index (κ3) is 6.80. The molecule has 3 aromatic rings. The third-order valence-corrected chi connectivity index (χ3v) is 9.45. The fraction of sp³-hybridized carbons (Fsp3) is 0.343. The fourth-order valence-corrected chi connectivity index (χ4v) is 6.78. The van der Waals surface area contributed by atoms with Gasteiger partial charge in [-0.2, -0.15) is 4.39 Å². The lowest BCUT2D eigenvalue weighted by atomic mass is 9.81. The van der Waals surface area contributed by atoms with Crippen molar-refractivity contribution in [2.75, 3.05) is 19.7 Å². The lowest BCUT2D eigenvalue weighted by Crippen LogP contribution is -2.65. The van der Waals surface area contributed by atoms with Crippen LogP contribution in [0, 0.1) is 17.5 Å². The topological polar surface area (TPSA) is 111 Å². The molecule has 0 radical (unpaired) electrons. The van der Waals surface area contributed by atoms with E-state index in [1.165, 1.54) is 9.80 Å². The quantitative estimate of drug-likeness (QED) is 0.179. The summed E-state index contributed by atoms with van der Waals surface area (Å²) in [5.41, 5.74) is 3.24. The molecule has 252 valence electrons. The zero-order chi connectivity index (χ0) is 34.1. The highest BCUT2D eigenvalue weighted by molar-refractivity contribution is 6.31. The van der Waals surface area contributed by atoms with Gasteiger partial charge in [0.25, 0.3) is 5.91 Å². The lowest BCUT2D eigenvalue weighted by Gasteiger charge is -2.49. The molecule has 0 aromatic heterocycles. The Morgan fingerprint density at radius 1 is 0.917 bits per heavy atom. The molecule has 0 spiro atoms. The van der Waals surface area contributed by atoms with Gasteiger partial charge < -0.3 is 24.7 Å². The zero-order valence-electron chi connectivity index (χ0n) is 25.8. The van der Waals surface area contributed by atoms with E-state index in [0.29, 0.717) is 35.1 Å². The second-order valence-electron chi connectivity index (χ2n) is 12.2. The maximum atomic E-state index is 14.6. The zero-order valence-corrected chi connectivity index (χ0v) is 26.5. The first kappa shape index (κ1) is 33.2. The van der Waals surface area contributed by atoms with E-state index in [2.05, 4.69) is 0 Å². The van der Waals surface area contributed by atoms with Crippen LogP contribution in [0.5, 0.6) is 5.75 Å². The molecule has 9 nitrogen and oxygen atoms in total. The van der Waals surface area contributed by atoms with Gasteiger partial charge in [-0.25, -0.2) is 18.4 Å². The van der Waals surface area contributed by atoms with E-state index in [-0.39, 0.29) is 50.2 Å². The molecule has 2 N–H and O–H groups in total. The van der Waals surface area contributed by atoms with Gasteiger partial charge in [-0.05, 0) is 72.6 Å². The molecule has 3 aliphatic rings. The largest absolute Gasteiger partial charge is 0.488 e.